The van der Waals surface area contributed by atoms with E-state index < -0.39 is 0 Å². The summed E-state index contributed by atoms with van der Waals surface area (Å²) >= 11 is 0. The van der Waals surface area contributed by atoms with Crippen LogP contribution in [0.25, 0.3) is 0 Å². The van der Waals surface area contributed by atoms with E-state index in [9.17, 15) is 0 Å². The summed E-state index contributed by atoms with van der Waals surface area (Å²) in [6, 6.07) is 0. The smallest absolute Gasteiger partial charge is 0.174 e. The molecule has 1 fully saturated rings. The molecule has 0 bridgehead atoms. The Balaban J connectivity index is 1.87. The molecule has 1 aliphatic rings. The van der Waals surface area contributed by atoms with Crippen LogP contribution in [0, 0.1) is 0 Å². The van der Waals surface area contributed by atoms with Crippen LogP contribution < -0.4 is 5.73 Å². The molecule has 13 heavy (non-hydrogen) atoms. The van der Waals surface area contributed by atoms with Crippen molar-refractivity contribution in [2.24, 2.45) is 5.73 Å². The lowest BCUT2D eigenvalue weighted by atomic mass is 10.1. The monoisotopic (exact) mass is 181 g/mol. The molecule has 1 saturated carbocycles. The summed E-state index contributed by atoms with van der Waals surface area (Å²) in [6.45, 7) is 2.78. The van der Waals surface area contributed by atoms with Crippen molar-refractivity contribution in [3.05, 3.63) is 5.82 Å². The first kappa shape index (κ1) is 8.62. The molecule has 72 valence electrons. The number of hydrogen-bond acceptors (Lipinski definition) is 4. The van der Waals surface area contributed by atoms with E-state index >= 15 is 0 Å². The summed E-state index contributed by atoms with van der Waals surface area (Å²) in [5.41, 5.74) is 6.05. The molecule has 2 rings (SSSR count). The predicted molar refractivity (Wildman–Crippen MR) is 48.0 cm³/mol. The molecule has 0 spiro atoms. The maximum atomic E-state index is 5.95. The molecule has 2 N–H and O–H groups in total. The van der Waals surface area contributed by atoms with Gasteiger partial charge in [0.05, 0.1) is 6.54 Å². The molecule has 0 atom stereocenters. The zero-order chi connectivity index (χ0) is 9.31. The Bertz CT molecular complexity index is 288. The van der Waals surface area contributed by atoms with Gasteiger partial charge in [0, 0.05) is 12.0 Å². The van der Waals surface area contributed by atoms with Gasteiger partial charge in [0.15, 0.2) is 5.82 Å². The maximum absolute atomic E-state index is 5.95. The molecule has 1 aromatic rings. The SMILES string of the molecule is CCn1nnc(CCC2(N)CC2)n1. The number of nitrogens with two attached hydrogens (primary N) is 1. The van der Waals surface area contributed by atoms with E-state index in [1.165, 1.54) is 0 Å². The van der Waals surface area contributed by atoms with E-state index in [4.69, 9.17) is 5.73 Å². The van der Waals surface area contributed by atoms with Gasteiger partial charge in [-0.3, -0.25) is 0 Å². The Morgan fingerprint density at radius 2 is 2.31 bits per heavy atom. The van der Waals surface area contributed by atoms with Gasteiger partial charge in [-0.25, -0.2) is 0 Å². The average molecular weight is 181 g/mol. The molecule has 0 aromatic carbocycles. The highest BCUT2D eigenvalue weighted by Crippen LogP contribution is 2.36. The molecule has 1 aromatic heterocycles. The zero-order valence-corrected chi connectivity index (χ0v) is 7.90. The van der Waals surface area contributed by atoms with Crippen molar-refractivity contribution in [3.63, 3.8) is 0 Å². The van der Waals surface area contributed by atoms with Crippen molar-refractivity contribution >= 4 is 0 Å². The van der Waals surface area contributed by atoms with E-state index in [0.29, 0.717) is 0 Å². The molecule has 0 aliphatic heterocycles. The van der Waals surface area contributed by atoms with Crippen LogP contribution in [0.5, 0.6) is 0 Å². The molecule has 0 amide bonds. The minimum atomic E-state index is 0.0949. The lowest BCUT2D eigenvalue weighted by Crippen LogP contribution is -2.22. The number of aryl methyl sites for hydroxylation is 2. The topological polar surface area (TPSA) is 69.6 Å². The highest BCUT2D eigenvalue weighted by molar-refractivity contribution is 5.00. The van der Waals surface area contributed by atoms with Crippen molar-refractivity contribution in [1.29, 1.82) is 0 Å². The van der Waals surface area contributed by atoms with Gasteiger partial charge in [0.25, 0.3) is 0 Å². The van der Waals surface area contributed by atoms with Crippen LogP contribution in [0.1, 0.15) is 32.0 Å². The van der Waals surface area contributed by atoms with Gasteiger partial charge < -0.3 is 5.73 Å². The summed E-state index contributed by atoms with van der Waals surface area (Å²) in [4.78, 5) is 1.60. The van der Waals surface area contributed by atoms with Gasteiger partial charge in [0.2, 0.25) is 0 Å². The van der Waals surface area contributed by atoms with Gasteiger partial charge >= 0.3 is 0 Å². The Morgan fingerprint density at radius 1 is 1.54 bits per heavy atom. The lowest BCUT2D eigenvalue weighted by Gasteiger charge is -2.03. The van der Waals surface area contributed by atoms with Crippen molar-refractivity contribution in [2.75, 3.05) is 0 Å². The second-order valence-electron chi connectivity index (χ2n) is 3.76. The van der Waals surface area contributed by atoms with E-state index in [0.717, 1.165) is 38.1 Å². The quantitative estimate of drug-likeness (QED) is 0.716. The van der Waals surface area contributed by atoms with Crippen LogP contribution in [-0.4, -0.2) is 25.7 Å². The minimum absolute atomic E-state index is 0.0949. The van der Waals surface area contributed by atoms with Gasteiger partial charge in [0.1, 0.15) is 0 Å². The number of tetrazole rings is 1. The fraction of sp³-hybridized carbons (Fsp3) is 0.875. The maximum Gasteiger partial charge on any atom is 0.174 e. The Kier molecular flexibility index (Phi) is 2.03. The first-order chi connectivity index (χ1) is 6.22. The van der Waals surface area contributed by atoms with Crippen molar-refractivity contribution in [3.8, 4) is 0 Å². The van der Waals surface area contributed by atoms with Crippen LogP contribution in [0.3, 0.4) is 0 Å². The normalized spacial score (nSPS) is 18.9. The van der Waals surface area contributed by atoms with Crippen LogP contribution in [0.4, 0.5) is 0 Å². The third-order valence-electron chi connectivity index (χ3n) is 2.52. The largest absolute Gasteiger partial charge is 0.325 e. The molecule has 5 nitrogen and oxygen atoms in total. The number of hydrogen-bond donors (Lipinski definition) is 1. The van der Waals surface area contributed by atoms with E-state index in [2.05, 4.69) is 15.4 Å². The Hall–Kier alpha value is -0.970. The standard InChI is InChI=1S/C8H15N5/c1-2-13-11-7(10-12-13)3-4-8(9)5-6-8/h2-6,9H2,1H3. The van der Waals surface area contributed by atoms with Crippen LogP contribution in [0.2, 0.25) is 0 Å². The molecular weight excluding hydrogens is 166 g/mol. The summed E-state index contributed by atoms with van der Waals surface area (Å²) in [5.74, 6) is 0.818. The second-order valence-corrected chi connectivity index (χ2v) is 3.76. The summed E-state index contributed by atoms with van der Waals surface area (Å²) in [7, 11) is 0. The number of aromatic nitrogens is 4. The number of nitrogens with zero attached hydrogens (tertiary/aromatic N) is 4. The van der Waals surface area contributed by atoms with Crippen LogP contribution in [0.15, 0.2) is 0 Å². The van der Waals surface area contributed by atoms with Gasteiger partial charge in [-0.2, -0.15) is 4.80 Å². The highest BCUT2D eigenvalue weighted by Gasteiger charge is 2.37. The molecular formula is C8H15N5. The fourth-order valence-electron chi connectivity index (χ4n) is 1.28. The minimum Gasteiger partial charge on any atom is -0.325 e. The summed E-state index contributed by atoms with van der Waals surface area (Å²) < 4.78 is 0. The highest BCUT2D eigenvalue weighted by atomic mass is 15.6. The van der Waals surface area contributed by atoms with E-state index in [1.807, 2.05) is 6.92 Å². The molecule has 1 aliphatic carbocycles. The average Bonchev–Trinajstić information content (AvgIpc) is 2.69. The second kappa shape index (κ2) is 3.06. The Morgan fingerprint density at radius 3 is 2.85 bits per heavy atom. The van der Waals surface area contributed by atoms with E-state index in [-0.39, 0.29) is 5.54 Å². The van der Waals surface area contributed by atoms with Gasteiger partial charge in [-0.05, 0) is 31.4 Å². The third-order valence-corrected chi connectivity index (χ3v) is 2.52. The van der Waals surface area contributed by atoms with Crippen molar-refractivity contribution in [1.82, 2.24) is 20.2 Å². The first-order valence-corrected chi connectivity index (χ1v) is 4.77. The summed E-state index contributed by atoms with van der Waals surface area (Å²) in [5, 5.41) is 12.0. The fourth-order valence-corrected chi connectivity index (χ4v) is 1.28. The molecule has 5 heteroatoms. The van der Waals surface area contributed by atoms with Gasteiger partial charge in [-0.1, -0.05) is 0 Å². The predicted octanol–water partition coefficient (Wildman–Crippen LogP) is 0.117. The summed E-state index contributed by atoms with van der Waals surface area (Å²) in [6.07, 6.45) is 4.14. The molecule has 1 heterocycles. The van der Waals surface area contributed by atoms with Crippen LogP contribution in [-0.2, 0) is 13.0 Å². The number of rotatable bonds is 4. The first-order valence-electron chi connectivity index (χ1n) is 4.77. The van der Waals surface area contributed by atoms with Crippen molar-refractivity contribution in [2.45, 2.75) is 44.7 Å². The van der Waals surface area contributed by atoms with Crippen LogP contribution >= 0.6 is 0 Å². The van der Waals surface area contributed by atoms with E-state index in [1.54, 1.807) is 4.80 Å². The zero-order valence-electron chi connectivity index (χ0n) is 7.90. The van der Waals surface area contributed by atoms with Crippen molar-refractivity contribution < 1.29 is 0 Å². The lowest BCUT2D eigenvalue weighted by molar-refractivity contribution is 0.546. The Labute approximate surface area is 77.3 Å². The molecule has 0 radical (unpaired) electrons. The third kappa shape index (κ3) is 2.03. The molecule has 0 unspecified atom stereocenters. The molecule has 0 saturated heterocycles. The van der Waals surface area contributed by atoms with Gasteiger partial charge in [-0.15, -0.1) is 10.2 Å².